The normalized spacial score (nSPS) is 11.6. The molecule has 1 aromatic carbocycles. The fourth-order valence-corrected chi connectivity index (χ4v) is 2.86. The number of ketones is 1. The minimum absolute atomic E-state index is 0.0869. The maximum Gasteiger partial charge on any atom is 0.192 e. The predicted octanol–water partition coefficient (Wildman–Crippen LogP) is 7.23. The molecule has 1 nitrogen and oxygen atoms in total. The molecule has 0 aromatic heterocycles. The number of hydrogen-bond donors (Lipinski definition) is 0. The summed E-state index contributed by atoms with van der Waals surface area (Å²) in [6.45, 7) is 18.8. The summed E-state index contributed by atoms with van der Waals surface area (Å²) in [5.41, 5.74) is 2.93. The number of allylic oxidation sites excluding steroid dienone is 4. The van der Waals surface area contributed by atoms with E-state index in [0.717, 1.165) is 17.6 Å². The van der Waals surface area contributed by atoms with Gasteiger partial charge in [-0.15, -0.1) is 9.24 Å². The van der Waals surface area contributed by atoms with Crippen molar-refractivity contribution in [2.75, 3.05) is 6.66 Å². The lowest BCUT2D eigenvalue weighted by Gasteiger charge is -2.27. The van der Waals surface area contributed by atoms with Crippen molar-refractivity contribution >= 4 is 15.0 Å². The molecule has 0 amide bonds. The molecule has 142 valence electrons. The van der Waals surface area contributed by atoms with Crippen LogP contribution in [0.2, 0.25) is 0 Å². The summed E-state index contributed by atoms with van der Waals surface area (Å²) in [5.74, 6) is 0.745. The average Bonchev–Trinajstić information content (AvgIpc) is 2.61. The lowest BCUT2D eigenvalue weighted by atomic mass is 9.77. The molecular weight excluding hydrogens is 323 g/mol. The molecule has 0 saturated carbocycles. The molecule has 1 aromatic rings. The summed E-state index contributed by atoms with van der Waals surface area (Å²) >= 11 is 0. The molecule has 0 aliphatic rings. The van der Waals surface area contributed by atoms with E-state index in [2.05, 4.69) is 49.1 Å². The van der Waals surface area contributed by atoms with Crippen molar-refractivity contribution < 1.29 is 4.79 Å². The quantitative estimate of drug-likeness (QED) is 0.226. The van der Waals surface area contributed by atoms with E-state index in [-0.39, 0.29) is 11.2 Å². The van der Waals surface area contributed by atoms with Crippen molar-refractivity contribution in [2.45, 2.75) is 67.2 Å². The Kier molecular flexibility index (Phi) is 14.6. The van der Waals surface area contributed by atoms with Crippen LogP contribution in [0.1, 0.15) is 77.7 Å². The predicted molar refractivity (Wildman–Crippen MR) is 119 cm³/mol. The van der Waals surface area contributed by atoms with Gasteiger partial charge >= 0.3 is 0 Å². The Morgan fingerprint density at radius 3 is 1.92 bits per heavy atom. The average molecular weight is 363 g/mol. The zero-order chi connectivity index (χ0) is 20.0. The Morgan fingerprint density at radius 2 is 1.56 bits per heavy atom. The van der Waals surface area contributed by atoms with Crippen LogP contribution in [-0.2, 0) is 5.41 Å². The van der Waals surface area contributed by atoms with Crippen LogP contribution in [0.5, 0.6) is 0 Å². The van der Waals surface area contributed by atoms with Crippen molar-refractivity contribution in [1.29, 1.82) is 0 Å². The van der Waals surface area contributed by atoms with Crippen LogP contribution in [0.4, 0.5) is 0 Å². The van der Waals surface area contributed by atoms with Gasteiger partial charge in [-0.3, -0.25) is 4.79 Å². The van der Waals surface area contributed by atoms with Crippen molar-refractivity contribution in [2.24, 2.45) is 5.92 Å². The molecule has 0 radical (unpaired) electrons. The van der Waals surface area contributed by atoms with Crippen LogP contribution in [0.15, 0.2) is 48.1 Å². The van der Waals surface area contributed by atoms with Gasteiger partial charge in [0.15, 0.2) is 5.78 Å². The molecule has 1 rings (SSSR count). The molecule has 0 N–H and O–H groups in total. The van der Waals surface area contributed by atoms with Gasteiger partial charge in [0, 0.05) is 11.1 Å². The van der Waals surface area contributed by atoms with Crippen molar-refractivity contribution in [1.82, 2.24) is 0 Å². The molecule has 0 fully saturated rings. The number of benzene rings is 1. The van der Waals surface area contributed by atoms with E-state index in [4.69, 9.17) is 0 Å². The van der Waals surface area contributed by atoms with Crippen molar-refractivity contribution in [3.8, 4) is 0 Å². The molecule has 1 unspecified atom stereocenters. The molecule has 0 bridgehead atoms. The Bertz CT molecular complexity index is 534. The van der Waals surface area contributed by atoms with Crippen molar-refractivity contribution in [3.63, 3.8) is 0 Å². The van der Waals surface area contributed by atoms with E-state index in [1.54, 1.807) is 0 Å². The second-order valence-electron chi connectivity index (χ2n) is 6.63. The second-order valence-corrected chi connectivity index (χ2v) is 6.63. The molecule has 0 saturated heterocycles. The molecular formula is C23H39OP. The molecule has 2 heteroatoms. The summed E-state index contributed by atoms with van der Waals surface area (Å²) < 4.78 is 0. The van der Waals surface area contributed by atoms with E-state index in [0.29, 0.717) is 5.92 Å². The van der Waals surface area contributed by atoms with Gasteiger partial charge in [-0.1, -0.05) is 90.7 Å². The summed E-state index contributed by atoms with van der Waals surface area (Å²) in [6.07, 6.45) is 6.75. The summed E-state index contributed by atoms with van der Waals surface area (Å²) in [6, 6.07) is 8.09. The van der Waals surface area contributed by atoms with E-state index in [1.165, 1.54) is 5.56 Å². The Morgan fingerprint density at radius 1 is 1.08 bits per heavy atom. The first kappa shape index (κ1) is 26.0. The maximum atomic E-state index is 12.4. The minimum Gasteiger partial charge on any atom is -0.289 e. The zero-order valence-electron chi connectivity index (χ0n) is 17.8. The minimum atomic E-state index is 0.0869. The zero-order valence-corrected chi connectivity index (χ0v) is 19.0. The summed E-state index contributed by atoms with van der Waals surface area (Å²) in [7, 11) is 2.42. The summed E-state index contributed by atoms with van der Waals surface area (Å²) in [5, 5.41) is 0. The number of Topliss-reactive ketones (excluding diaryl/α,β-unsaturated/α-hetero) is 1. The number of rotatable bonds is 6. The lowest BCUT2D eigenvalue weighted by molar-refractivity contribution is 0.103. The smallest absolute Gasteiger partial charge is 0.192 e. The van der Waals surface area contributed by atoms with Gasteiger partial charge < -0.3 is 0 Å². The van der Waals surface area contributed by atoms with Gasteiger partial charge in [-0.2, -0.15) is 0 Å². The van der Waals surface area contributed by atoms with Crippen LogP contribution in [0.3, 0.4) is 0 Å². The maximum absolute atomic E-state index is 12.4. The monoisotopic (exact) mass is 362 g/mol. The third kappa shape index (κ3) is 9.17. The first-order valence-electron chi connectivity index (χ1n) is 9.33. The van der Waals surface area contributed by atoms with Crippen LogP contribution >= 0.6 is 9.24 Å². The standard InChI is InChI=1S/C20H28O.C2H6.CH5P/c1-7-9-16(8-2)19(21)17-10-12-18(13-11-17)20(5,6)14-15(3)4;2*1-2/h7-13,15H,14H2,1-6H3;1-2H3;2H2,1H3/b9-7-,16-8+;;. The van der Waals surface area contributed by atoms with Crippen LogP contribution in [0, 0.1) is 5.92 Å². The van der Waals surface area contributed by atoms with Gasteiger partial charge in [0.25, 0.3) is 0 Å². The van der Waals surface area contributed by atoms with E-state index in [1.807, 2.05) is 64.7 Å². The Hall–Kier alpha value is -1.20. The molecule has 25 heavy (non-hydrogen) atoms. The highest BCUT2D eigenvalue weighted by molar-refractivity contribution is 7.15. The lowest BCUT2D eigenvalue weighted by Crippen LogP contribution is -2.19. The van der Waals surface area contributed by atoms with Gasteiger partial charge in [-0.05, 0) is 37.2 Å². The first-order chi connectivity index (χ1) is 11.8. The molecule has 0 aliphatic carbocycles. The fraction of sp³-hybridized carbons (Fsp3) is 0.522. The fourth-order valence-electron chi connectivity index (χ4n) is 2.86. The molecule has 1 atom stereocenters. The van der Waals surface area contributed by atoms with Gasteiger partial charge in [0.1, 0.15) is 0 Å². The number of hydrogen-bond acceptors (Lipinski definition) is 1. The highest BCUT2D eigenvalue weighted by Gasteiger charge is 2.22. The van der Waals surface area contributed by atoms with Gasteiger partial charge in [-0.25, -0.2) is 0 Å². The SMILES string of the molecule is C/C=C\C(=C/C)C(=O)c1ccc(C(C)(C)CC(C)C)cc1.CC.CP. The third-order valence-corrected chi connectivity index (χ3v) is 3.77. The van der Waals surface area contributed by atoms with Crippen LogP contribution in [-0.4, -0.2) is 12.4 Å². The third-order valence-electron chi connectivity index (χ3n) is 3.77. The number of carbonyl (C=O) groups is 1. The molecule has 0 aliphatic heterocycles. The largest absolute Gasteiger partial charge is 0.289 e. The first-order valence-corrected chi connectivity index (χ1v) is 10.5. The molecule has 0 spiro atoms. The Labute approximate surface area is 159 Å². The highest BCUT2D eigenvalue weighted by atomic mass is 31.0. The van der Waals surface area contributed by atoms with Gasteiger partial charge in [0.05, 0.1) is 0 Å². The molecule has 0 heterocycles. The second kappa shape index (κ2) is 14.0. The van der Waals surface area contributed by atoms with E-state index >= 15 is 0 Å². The van der Waals surface area contributed by atoms with Crippen LogP contribution < -0.4 is 0 Å². The van der Waals surface area contributed by atoms with Gasteiger partial charge in [0.2, 0.25) is 0 Å². The summed E-state index contributed by atoms with van der Waals surface area (Å²) in [4.78, 5) is 12.4. The van der Waals surface area contributed by atoms with E-state index in [9.17, 15) is 4.79 Å². The van der Waals surface area contributed by atoms with Crippen molar-refractivity contribution in [3.05, 3.63) is 59.2 Å². The van der Waals surface area contributed by atoms with Crippen LogP contribution in [0.25, 0.3) is 0 Å². The highest BCUT2D eigenvalue weighted by Crippen LogP contribution is 2.30. The topological polar surface area (TPSA) is 17.1 Å². The van der Waals surface area contributed by atoms with E-state index < -0.39 is 0 Å². The number of carbonyl (C=O) groups excluding carboxylic acids is 1. The Balaban J connectivity index is 0.